The SMILES string of the molecule is CCCCC(CCc1ccc(C)cc1)NN. The molecule has 1 unspecified atom stereocenters. The number of aryl methyl sites for hydroxylation is 2. The first-order valence-electron chi connectivity index (χ1n) is 6.28. The van der Waals surface area contributed by atoms with Crippen LogP contribution in [-0.2, 0) is 6.42 Å². The van der Waals surface area contributed by atoms with E-state index in [-0.39, 0.29) is 0 Å². The predicted octanol–water partition coefficient (Wildman–Crippen LogP) is 2.95. The molecule has 16 heavy (non-hydrogen) atoms. The summed E-state index contributed by atoms with van der Waals surface area (Å²) in [5, 5.41) is 0. The molecule has 0 aliphatic rings. The zero-order valence-electron chi connectivity index (χ0n) is 10.5. The Morgan fingerprint density at radius 3 is 2.44 bits per heavy atom. The molecule has 0 heterocycles. The van der Waals surface area contributed by atoms with Crippen LogP contribution >= 0.6 is 0 Å². The van der Waals surface area contributed by atoms with Crippen molar-refractivity contribution in [1.29, 1.82) is 0 Å². The van der Waals surface area contributed by atoms with Gasteiger partial charge in [-0.15, -0.1) is 0 Å². The van der Waals surface area contributed by atoms with E-state index in [4.69, 9.17) is 5.84 Å². The van der Waals surface area contributed by atoms with E-state index < -0.39 is 0 Å². The molecule has 0 spiro atoms. The lowest BCUT2D eigenvalue weighted by Crippen LogP contribution is -2.35. The number of rotatable bonds is 7. The average molecular weight is 220 g/mol. The summed E-state index contributed by atoms with van der Waals surface area (Å²) in [5.74, 6) is 5.55. The second kappa shape index (κ2) is 7.42. The van der Waals surface area contributed by atoms with Crippen molar-refractivity contribution in [2.45, 2.75) is 52.0 Å². The third kappa shape index (κ3) is 4.77. The summed E-state index contributed by atoms with van der Waals surface area (Å²) >= 11 is 0. The quantitative estimate of drug-likeness (QED) is 0.547. The second-order valence-electron chi connectivity index (χ2n) is 4.53. The third-order valence-corrected chi connectivity index (χ3v) is 3.04. The maximum Gasteiger partial charge on any atom is 0.0213 e. The maximum absolute atomic E-state index is 5.55. The van der Waals surface area contributed by atoms with Crippen LogP contribution in [0.2, 0.25) is 0 Å². The number of nitrogens with two attached hydrogens (primary N) is 1. The highest BCUT2D eigenvalue weighted by Crippen LogP contribution is 2.10. The fourth-order valence-electron chi connectivity index (χ4n) is 1.86. The van der Waals surface area contributed by atoms with Crippen LogP contribution in [0.4, 0.5) is 0 Å². The number of unbranched alkanes of at least 4 members (excludes halogenated alkanes) is 1. The van der Waals surface area contributed by atoms with Gasteiger partial charge in [0.05, 0.1) is 0 Å². The molecular formula is C14H24N2. The van der Waals surface area contributed by atoms with Crippen LogP contribution in [-0.4, -0.2) is 6.04 Å². The lowest BCUT2D eigenvalue weighted by atomic mass is 10.0. The molecule has 90 valence electrons. The van der Waals surface area contributed by atoms with E-state index in [0.717, 1.165) is 12.8 Å². The minimum atomic E-state index is 0.459. The second-order valence-corrected chi connectivity index (χ2v) is 4.53. The molecule has 1 aromatic rings. The van der Waals surface area contributed by atoms with E-state index >= 15 is 0 Å². The average Bonchev–Trinajstić information content (AvgIpc) is 2.32. The van der Waals surface area contributed by atoms with Crippen LogP contribution in [0.1, 0.15) is 43.7 Å². The van der Waals surface area contributed by atoms with Gasteiger partial charge in [0.15, 0.2) is 0 Å². The van der Waals surface area contributed by atoms with Crippen LogP contribution in [0.3, 0.4) is 0 Å². The van der Waals surface area contributed by atoms with Crippen LogP contribution in [0, 0.1) is 6.92 Å². The van der Waals surface area contributed by atoms with Gasteiger partial charge in [0.1, 0.15) is 0 Å². The highest BCUT2D eigenvalue weighted by Gasteiger charge is 2.05. The Bertz CT molecular complexity index is 279. The Hall–Kier alpha value is -0.860. The van der Waals surface area contributed by atoms with Crippen molar-refractivity contribution >= 4 is 0 Å². The lowest BCUT2D eigenvalue weighted by molar-refractivity contribution is 0.449. The molecule has 0 amide bonds. The summed E-state index contributed by atoms with van der Waals surface area (Å²) in [7, 11) is 0. The first-order valence-corrected chi connectivity index (χ1v) is 6.28. The molecule has 0 bridgehead atoms. The van der Waals surface area contributed by atoms with Gasteiger partial charge in [-0.05, 0) is 31.7 Å². The molecule has 1 aromatic carbocycles. The molecule has 2 nitrogen and oxygen atoms in total. The summed E-state index contributed by atoms with van der Waals surface area (Å²) in [6.45, 7) is 4.34. The predicted molar refractivity (Wildman–Crippen MR) is 70.1 cm³/mol. The van der Waals surface area contributed by atoms with Crippen LogP contribution in [0.5, 0.6) is 0 Å². The van der Waals surface area contributed by atoms with Crippen LogP contribution in [0.25, 0.3) is 0 Å². The summed E-state index contributed by atoms with van der Waals surface area (Å²) in [6, 6.07) is 9.23. The zero-order valence-corrected chi connectivity index (χ0v) is 10.5. The fraction of sp³-hybridized carbons (Fsp3) is 0.571. The van der Waals surface area contributed by atoms with Crippen molar-refractivity contribution < 1.29 is 0 Å². The first-order chi connectivity index (χ1) is 7.76. The smallest absolute Gasteiger partial charge is 0.0213 e. The molecule has 0 aliphatic carbocycles. The first kappa shape index (κ1) is 13.2. The van der Waals surface area contributed by atoms with E-state index in [1.165, 1.54) is 30.4 Å². The van der Waals surface area contributed by atoms with Gasteiger partial charge in [-0.3, -0.25) is 11.3 Å². The van der Waals surface area contributed by atoms with Crippen LogP contribution in [0.15, 0.2) is 24.3 Å². The highest BCUT2D eigenvalue weighted by molar-refractivity contribution is 5.21. The van der Waals surface area contributed by atoms with Gasteiger partial charge >= 0.3 is 0 Å². The molecule has 1 rings (SSSR count). The molecule has 1 atom stereocenters. The Morgan fingerprint density at radius 2 is 1.88 bits per heavy atom. The summed E-state index contributed by atoms with van der Waals surface area (Å²) in [4.78, 5) is 0. The van der Waals surface area contributed by atoms with Gasteiger partial charge in [0.25, 0.3) is 0 Å². The van der Waals surface area contributed by atoms with E-state index in [1.807, 2.05) is 0 Å². The Balaban J connectivity index is 2.34. The minimum absolute atomic E-state index is 0.459. The van der Waals surface area contributed by atoms with Gasteiger partial charge in [0, 0.05) is 6.04 Å². The van der Waals surface area contributed by atoms with Gasteiger partial charge in [0.2, 0.25) is 0 Å². The van der Waals surface area contributed by atoms with Crippen molar-refractivity contribution in [3.05, 3.63) is 35.4 Å². The molecule has 0 fully saturated rings. The van der Waals surface area contributed by atoms with Crippen molar-refractivity contribution in [2.24, 2.45) is 5.84 Å². The van der Waals surface area contributed by atoms with Gasteiger partial charge < -0.3 is 0 Å². The largest absolute Gasteiger partial charge is 0.271 e. The molecular weight excluding hydrogens is 196 g/mol. The molecule has 2 heteroatoms. The third-order valence-electron chi connectivity index (χ3n) is 3.04. The number of nitrogens with one attached hydrogen (secondary N) is 1. The monoisotopic (exact) mass is 220 g/mol. The summed E-state index contributed by atoms with van der Waals surface area (Å²) in [6.07, 6.45) is 5.91. The number of hydrazine groups is 1. The normalized spacial score (nSPS) is 12.7. The van der Waals surface area contributed by atoms with Crippen molar-refractivity contribution in [2.75, 3.05) is 0 Å². The number of hydrogen-bond acceptors (Lipinski definition) is 2. The topological polar surface area (TPSA) is 38.0 Å². The lowest BCUT2D eigenvalue weighted by Gasteiger charge is -2.15. The molecule has 0 saturated heterocycles. The number of benzene rings is 1. The number of hydrogen-bond donors (Lipinski definition) is 2. The van der Waals surface area contributed by atoms with Crippen LogP contribution < -0.4 is 11.3 Å². The molecule has 3 N–H and O–H groups in total. The van der Waals surface area contributed by atoms with E-state index in [1.54, 1.807) is 0 Å². The van der Waals surface area contributed by atoms with Gasteiger partial charge in [-0.2, -0.15) is 0 Å². The molecule has 0 saturated carbocycles. The van der Waals surface area contributed by atoms with E-state index in [9.17, 15) is 0 Å². The van der Waals surface area contributed by atoms with Crippen molar-refractivity contribution in [1.82, 2.24) is 5.43 Å². The zero-order chi connectivity index (χ0) is 11.8. The summed E-state index contributed by atoms with van der Waals surface area (Å²) in [5.41, 5.74) is 5.65. The van der Waals surface area contributed by atoms with E-state index in [0.29, 0.717) is 6.04 Å². The standard InChI is InChI=1S/C14H24N2/c1-3-4-5-14(16-15)11-10-13-8-6-12(2)7-9-13/h6-9,14,16H,3-5,10-11,15H2,1-2H3. The molecule has 0 aromatic heterocycles. The van der Waals surface area contributed by atoms with Gasteiger partial charge in [-0.1, -0.05) is 49.6 Å². The Kier molecular flexibility index (Phi) is 6.12. The van der Waals surface area contributed by atoms with Gasteiger partial charge in [-0.25, -0.2) is 0 Å². The highest BCUT2D eigenvalue weighted by atomic mass is 15.2. The van der Waals surface area contributed by atoms with Crippen molar-refractivity contribution in [3.63, 3.8) is 0 Å². The Labute approximate surface area is 99.2 Å². The molecule has 0 aliphatic heterocycles. The summed E-state index contributed by atoms with van der Waals surface area (Å²) < 4.78 is 0. The van der Waals surface area contributed by atoms with E-state index in [2.05, 4.69) is 43.5 Å². The fourth-order valence-corrected chi connectivity index (χ4v) is 1.86. The maximum atomic E-state index is 5.55. The molecule has 0 radical (unpaired) electrons. The Morgan fingerprint density at radius 1 is 1.19 bits per heavy atom. The van der Waals surface area contributed by atoms with Crippen molar-refractivity contribution in [3.8, 4) is 0 Å². The minimum Gasteiger partial charge on any atom is -0.271 e.